The summed E-state index contributed by atoms with van der Waals surface area (Å²) in [4.78, 5) is 22.9. The predicted octanol–water partition coefficient (Wildman–Crippen LogP) is 3.69. The van der Waals surface area contributed by atoms with E-state index in [9.17, 15) is 14.7 Å². The molecule has 0 aliphatic rings. The molecule has 162 valence electrons. The van der Waals surface area contributed by atoms with Crippen molar-refractivity contribution in [3.05, 3.63) is 35.7 Å². The summed E-state index contributed by atoms with van der Waals surface area (Å²) in [6, 6.07) is 5.32. The van der Waals surface area contributed by atoms with Crippen molar-refractivity contribution in [3.63, 3.8) is 0 Å². The third-order valence-corrected chi connectivity index (χ3v) is 4.57. The van der Waals surface area contributed by atoms with Crippen molar-refractivity contribution in [1.29, 1.82) is 0 Å². The summed E-state index contributed by atoms with van der Waals surface area (Å²) in [7, 11) is 0. The molecule has 0 aliphatic carbocycles. The molecule has 0 saturated heterocycles. The third-order valence-electron chi connectivity index (χ3n) is 4.57. The molecule has 1 amide bonds. The van der Waals surface area contributed by atoms with E-state index >= 15 is 0 Å². The van der Waals surface area contributed by atoms with E-state index in [1.54, 1.807) is 26.0 Å². The molecule has 0 spiro atoms. The van der Waals surface area contributed by atoms with Gasteiger partial charge in [0.05, 0.1) is 30.5 Å². The smallest absolute Gasteiger partial charge is 0.220 e. The molecule has 29 heavy (non-hydrogen) atoms. The Kier molecular flexibility index (Phi) is 10.2. The van der Waals surface area contributed by atoms with Gasteiger partial charge in [-0.25, -0.2) is 0 Å². The summed E-state index contributed by atoms with van der Waals surface area (Å²) in [5.41, 5.74) is 0.372. The average molecular weight is 407 g/mol. The Morgan fingerprint density at radius 1 is 1.21 bits per heavy atom. The fraction of sp³-hybridized carbons (Fsp3) is 0.609. The minimum Gasteiger partial charge on any atom is -0.482 e. The van der Waals surface area contributed by atoms with E-state index in [2.05, 4.69) is 5.32 Å². The summed E-state index contributed by atoms with van der Waals surface area (Å²) < 4.78 is 11.5. The van der Waals surface area contributed by atoms with Crippen LogP contribution < -0.4 is 10.1 Å². The van der Waals surface area contributed by atoms with E-state index in [1.165, 1.54) is 0 Å². The molecule has 0 unspecified atom stereocenters. The molecule has 6 heteroatoms. The highest BCUT2D eigenvalue weighted by Crippen LogP contribution is 2.19. The lowest BCUT2D eigenvalue weighted by Gasteiger charge is -2.27. The van der Waals surface area contributed by atoms with Crippen molar-refractivity contribution in [1.82, 2.24) is 5.32 Å². The molecule has 0 atom stereocenters. The first-order chi connectivity index (χ1) is 13.6. The van der Waals surface area contributed by atoms with Crippen LogP contribution in [0.5, 0.6) is 5.75 Å². The lowest BCUT2D eigenvalue weighted by molar-refractivity contribution is -0.121. The van der Waals surface area contributed by atoms with Gasteiger partial charge in [0, 0.05) is 38.4 Å². The second-order valence-corrected chi connectivity index (χ2v) is 8.42. The Hall–Kier alpha value is -2.05. The van der Waals surface area contributed by atoms with Gasteiger partial charge in [0.15, 0.2) is 5.75 Å². The van der Waals surface area contributed by atoms with Crippen LogP contribution in [0.3, 0.4) is 0 Å². The van der Waals surface area contributed by atoms with Crippen LogP contribution >= 0.6 is 0 Å². The lowest BCUT2D eigenvalue weighted by Crippen LogP contribution is -2.34. The second kappa shape index (κ2) is 11.8. The van der Waals surface area contributed by atoms with Crippen molar-refractivity contribution in [2.45, 2.75) is 71.5 Å². The Bertz CT molecular complexity index is 649. The molecule has 0 heterocycles. The van der Waals surface area contributed by atoms with Crippen LogP contribution in [0.4, 0.5) is 0 Å². The molecule has 1 rings (SSSR count). The van der Waals surface area contributed by atoms with Crippen LogP contribution in [0.15, 0.2) is 18.2 Å². The van der Waals surface area contributed by atoms with E-state index in [0.29, 0.717) is 56.8 Å². The molecule has 0 aliphatic heterocycles. The van der Waals surface area contributed by atoms with E-state index < -0.39 is 5.60 Å². The topological polar surface area (TPSA) is 84.9 Å². The van der Waals surface area contributed by atoms with Crippen LogP contribution in [0.1, 0.15) is 76.2 Å². The SMILES string of the molecule is C[CH+]c1cc(OCCCC(=O)NCCC(C)(C)OCCC(C)(C)O)ccc1C=O. The zero-order valence-electron chi connectivity index (χ0n) is 18.4. The fourth-order valence-corrected chi connectivity index (χ4v) is 2.66. The first kappa shape index (κ1) is 25.0. The van der Waals surface area contributed by atoms with E-state index in [1.807, 2.05) is 33.3 Å². The molecule has 0 saturated carbocycles. The highest BCUT2D eigenvalue weighted by Gasteiger charge is 2.20. The van der Waals surface area contributed by atoms with Gasteiger partial charge in [0.25, 0.3) is 0 Å². The summed E-state index contributed by atoms with van der Waals surface area (Å²) >= 11 is 0. The predicted molar refractivity (Wildman–Crippen MR) is 114 cm³/mol. The molecule has 1 aromatic carbocycles. The third kappa shape index (κ3) is 10.9. The summed E-state index contributed by atoms with van der Waals surface area (Å²) in [6.07, 6.45) is 4.94. The normalized spacial score (nSPS) is 11.8. The van der Waals surface area contributed by atoms with Crippen molar-refractivity contribution >= 4 is 12.2 Å². The summed E-state index contributed by atoms with van der Waals surface area (Å²) in [5.74, 6) is 0.675. The standard InChI is InChI=1S/C23H35NO5/c1-6-18-16-20(10-9-19(18)17-25)28-14-7-8-21(26)24-13-11-23(4,5)29-15-12-22(2,3)27/h6,9-10,16-17,27H,7-8,11-15H2,1-5H3/p+1. The number of aldehydes is 1. The minimum absolute atomic E-state index is 0.0141. The van der Waals surface area contributed by atoms with Crippen LogP contribution in [0.25, 0.3) is 0 Å². The number of ether oxygens (including phenoxy) is 2. The fourth-order valence-electron chi connectivity index (χ4n) is 2.66. The molecule has 1 aromatic rings. The molecular weight excluding hydrogens is 370 g/mol. The number of hydrogen-bond acceptors (Lipinski definition) is 5. The van der Waals surface area contributed by atoms with Crippen molar-refractivity contribution in [2.24, 2.45) is 0 Å². The quantitative estimate of drug-likeness (QED) is 0.280. The Balaban J connectivity index is 2.22. The first-order valence-electron chi connectivity index (χ1n) is 10.2. The van der Waals surface area contributed by atoms with Crippen LogP contribution in [0, 0.1) is 6.42 Å². The van der Waals surface area contributed by atoms with Crippen molar-refractivity contribution < 1.29 is 24.2 Å². The summed E-state index contributed by atoms with van der Waals surface area (Å²) in [6.45, 7) is 10.8. The zero-order valence-corrected chi connectivity index (χ0v) is 18.4. The first-order valence-corrected chi connectivity index (χ1v) is 10.2. The van der Waals surface area contributed by atoms with E-state index in [4.69, 9.17) is 9.47 Å². The number of amides is 1. The average Bonchev–Trinajstić information content (AvgIpc) is 2.63. The Morgan fingerprint density at radius 2 is 1.93 bits per heavy atom. The molecule has 2 N–H and O–H groups in total. The molecule has 0 aromatic heterocycles. The van der Waals surface area contributed by atoms with Gasteiger partial charge in [-0.1, -0.05) is 0 Å². The van der Waals surface area contributed by atoms with Crippen molar-refractivity contribution in [2.75, 3.05) is 19.8 Å². The van der Waals surface area contributed by atoms with Gasteiger partial charge in [-0.2, -0.15) is 0 Å². The van der Waals surface area contributed by atoms with Gasteiger partial charge >= 0.3 is 0 Å². The molecule has 0 bridgehead atoms. The molecule has 0 fully saturated rings. The van der Waals surface area contributed by atoms with Crippen LogP contribution in [0.2, 0.25) is 0 Å². The highest BCUT2D eigenvalue weighted by atomic mass is 16.5. The minimum atomic E-state index is -0.737. The number of nitrogens with one attached hydrogen (secondary N) is 1. The Morgan fingerprint density at radius 3 is 2.55 bits per heavy atom. The number of carbonyl (C=O) groups is 2. The molecular formula is C23H36NO5+. The van der Waals surface area contributed by atoms with Crippen LogP contribution in [-0.2, 0) is 9.53 Å². The lowest BCUT2D eigenvalue weighted by atomic mass is 10.0. The van der Waals surface area contributed by atoms with Crippen molar-refractivity contribution in [3.8, 4) is 5.75 Å². The van der Waals surface area contributed by atoms with Gasteiger partial charge in [0.1, 0.15) is 11.1 Å². The Labute approximate surface area is 175 Å². The molecule has 0 radical (unpaired) electrons. The largest absolute Gasteiger partial charge is 0.482 e. The van der Waals surface area contributed by atoms with Gasteiger partial charge in [-0.05, 0) is 47.0 Å². The maximum Gasteiger partial charge on any atom is 0.220 e. The second-order valence-electron chi connectivity index (χ2n) is 8.42. The number of carbonyl (C=O) groups excluding carboxylic acids is 2. The van der Waals surface area contributed by atoms with E-state index in [0.717, 1.165) is 11.8 Å². The maximum absolute atomic E-state index is 12.0. The number of hydrogen-bond donors (Lipinski definition) is 2. The van der Waals surface area contributed by atoms with Gasteiger partial charge in [-0.15, -0.1) is 0 Å². The summed E-state index contributed by atoms with van der Waals surface area (Å²) in [5, 5.41) is 12.6. The highest BCUT2D eigenvalue weighted by molar-refractivity contribution is 5.78. The van der Waals surface area contributed by atoms with Crippen LogP contribution in [-0.4, -0.2) is 48.3 Å². The van der Waals surface area contributed by atoms with Gasteiger partial charge in [0.2, 0.25) is 12.2 Å². The number of rotatable bonds is 14. The molecule has 6 nitrogen and oxygen atoms in total. The number of benzene rings is 1. The van der Waals surface area contributed by atoms with Gasteiger partial charge in [-0.3, -0.25) is 9.59 Å². The van der Waals surface area contributed by atoms with Gasteiger partial charge < -0.3 is 19.9 Å². The monoisotopic (exact) mass is 406 g/mol. The maximum atomic E-state index is 12.0. The van der Waals surface area contributed by atoms with E-state index in [-0.39, 0.29) is 11.5 Å². The zero-order chi connectivity index (χ0) is 21.9. The number of aliphatic hydroxyl groups is 1.